The molecule has 1 aliphatic rings. The zero-order valence-electron chi connectivity index (χ0n) is 23.7. The van der Waals surface area contributed by atoms with Gasteiger partial charge in [-0.2, -0.15) is 0 Å². The lowest BCUT2D eigenvalue weighted by Gasteiger charge is -2.60. The molecule has 1 heterocycles. The lowest BCUT2D eigenvalue weighted by atomic mass is 9.84. The Morgan fingerprint density at radius 3 is 1.63 bits per heavy atom. The summed E-state index contributed by atoms with van der Waals surface area (Å²) in [6.07, 6.45) is -0.263. The summed E-state index contributed by atoms with van der Waals surface area (Å²) in [6, 6.07) is 32.1. The van der Waals surface area contributed by atoms with Crippen molar-refractivity contribution in [3.05, 3.63) is 108 Å². The van der Waals surface area contributed by atoms with Crippen molar-refractivity contribution >= 4 is 25.9 Å². The third kappa shape index (κ3) is 5.12. The number of carbonyl (C=O) groups excluding carboxylic acids is 1. The SMILES string of the molecule is COCOC(C)C1C(=O)N([Si](C)(C)C(C)(C)C)C1SC(c1ccccc1)(c1ccccc1)c1ccccc1. The van der Waals surface area contributed by atoms with Gasteiger partial charge in [0.2, 0.25) is 5.91 Å². The van der Waals surface area contributed by atoms with Crippen LogP contribution in [0.3, 0.4) is 0 Å². The van der Waals surface area contributed by atoms with Gasteiger partial charge in [0.1, 0.15) is 6.79 Å². The highest BCUT2D eigenvalue weighted by molar-refractivity contribution is 8.01. The molecule has 0 N–H and O–H groups in total. The molecule has 1 aliphatic heterocycles. The van der Waals surface area contributed by atoms with Gasteiger partial charge in [0, 0.05) is 7.11 Å². The van der Waals surface area contributed by atoms with Gasteiger partial charge in [-0.1, -0.05) is 125 Å². The number of nitrogens with zero attached hydrogens (tertiary/aromatic N) is 1. The molecule has 1 saturated heterocycles. The van der Waals surface area contributed by atoms with Crippen LogP contribution in [0, 0.1) is 5.92 Å². The Morgan fingerprint density at radius 2 is 1.26 bits per heavy atom. The van der Waals surface area contributed by atoms with Gasteiger partial charge in [-0.3, -0.25) is 4.79 Å². The first-order chi connectivity index (χ1) is 18.1. The number of rotatable bonds is 10. The van der Waals surface area contributed by atoms with E-state index in [-0.39, 0.29) is 35.1 Å². The summed E-state index contributed by atoms with van der Waals surface area (Å²) >= 11 is 1.88. The van der Waals surface area contributed by atoms with E-state index in [1.807, 2.05) is 18.7 Å². The predicted octanol–water partition coefficient (Wildman–Crippen LogP) is 7.51. The number of thioether (sulfide) groups is 1. The maximum absolute atomic E-state index is 14.0. The molecule has 0 bridgehead atoms. The molecule has 0 saturated carbocycles. The van der Waals surface area contributed by atoms with Crippen LogP contribution in [0.1, 0.15) is 44.4 Å². The van der Waals surface area contributed by atoms with Crippen molar-refractivity contribution in [3.8, 4) is 0 Å². The second-order valence-electron chi connectivity index (χ2n) is 11.6. The smallest absolute Gasteiger partial charge is 0.224 e. The Hall–Kier alpha value is -2.38. The van der Waals surface area contributed by atoms with Crippen molar-refractivity contribution in [2.45, 2.75) is 62.1 Å². The van der Waals surface area contributed by atoms with Crippen LogP contribution in [0.5, 0.6) is 0 Å². The van der Waals surface area contributed by atoms with E-state index < -0.39 is 13.0 Å². The topological polar surface area (TPSA) is 38.8 Å². The number of β-lactam (4-membered cyclic amide) rings is 1. The van der Waals surface area contributed by atoms with E-state index in [2.05, 4.69) is 129 Å². The summed E-state index contributed by atoms with van der Waals surface area (Å²) in [7, 11) is -0.573. The number of amides is 1. The summed E-state index contributed by atoms with van der Waals surface area (Å²) in [6.45, 7) is 13.6. The third-order valence-electron chi connectivity index (χ3n) is 8.31. The van der Waals surface area contributed by atoms with Crippen molar-refractivity contribution in [2.24, 2.45) is 5.92 Å². The lowest BCUT2D eigenvalue weighted by Crippen LogP contribution is -2.74. The minimum Gasteiger partial charge on any atom is -0.359 e. The Balaban J connectivity index is 1.93. The summed E-state index contributed by atoms with van der Waals surface area (Å²) < 4.78 is 12.9. The van der Waals surface area contributed by atoms with E-state index in [0.717, 1.165) is 0 Å². The highest BCUT2D eigenvalue weighted by atomic mass is 32.2. The molecule has 0 spiro atoms. The van der Waals surface area contributed by atoms with Gasteiger partial charge in [0.05, 0.1) is 22.1 Å². The van der Waals surface area contributed by atoms with Crippen molar-refractivity contribution in [1.82, 2.24) is 4.57 Å². The molecule has 1 amide bonds. The Bertz CT molecular complexity index is 1100. The van der Waals surface area contributed by atoms with Crippen molar-refractivity contribution in [3.63, 3.8) is 0 Å². The van der Waals surface area contributed by atoms with Crippen LogP contribution in [0.4, 0.5) is 0 Å². The maximum Gasteiger partial charge on any atom is 0.224 e. The third-order valence-corrected chi connectivity index (χ3v) is 15.7. The highest BCUT2D eigenvalue weighted by Gasteiger charge is 2.61. The summed E-state index contributed by atoms with van der Waals surface area (Å²) in [5.74, 6) is -0.0689. The van der Waals surface area contributed by atoms with Gasteiger partial charge < -0.3 is 14.0 Å². The molecule has 4 nitrogen and oxygen atoms in total. The first-order valence-electron chi connectivity index (χ1n) is 13.3. The van der Waals surface area contributed by atoms with Crippen LogP contribution in [0.25, 0.3) is 0 Å². The number of methoxy groups -OCH3 is 1. The molecule has 3 atom stereocenters. The van der Waals surface area contributed by atoms with E-state index in [1.165, 1.54) is 16.7 Å². The van der Waals surface area contributed by atoms with Gasteiger partial charge in [0.25, 0.3) is 0 Å². The minimum absolute atomic E-state index is 0.0119. The molecular weight excluding hydrogens is 507 g/mol. The quantitative estimate of drug-likeness (QED) is 0.114. The molecule has 0 radical (unpaired) electrons. The predicted molar refractivity (Wildman–Crippen MR) is 161 cm³/mol. The zero-order chi connectivity index (χ0) is 27.6. The fourth-order valence-corrected chi connectivity index (χ4v) is 10.2. The number of hydrogen-bond donors (Lipinski definition) is 0. The fourth-order valence-electron chi connectivity index (χ4n) is 5.18. The molecule has 202 valence electrons. The second-order valence-corrected chi connectivity index (χ2v) is 18.0. The first kappa shape index (κ1) is 28.6. The summed E-state index contributed by atoms with van der Waals surface area (Å²) in [4.78, 5) is 14.0. The Kier molecular flexibility index (Phi) is 8.58. The van der Waals surface area contributed by atoms with Crippen LogP contribution in [-0.2, 0) is 19.0 Å². The monoisotopic (exact) mass is 547 g/mol. The van der Waals surface area contributed by atoms with Crippen LogP contribution in [0.15, 0.2) is 91.0 Å². The van der Waals surface area contributed by atoms with Crippen molar-refractivity contribution in [1.29, 1.82) is 0 Å². The van der Waals surface area contributed by atoms with Crippen molar-refractivity contribution < 1.29 is 14.3 Å². The van der Waals surface area contributed by atoms with E-state index in [0.29, 0.717) is 0 Å². The fraction of sp³-hybridized carbons (Fsp3) is 0.406. The number of hydrogen-bond acceptors (Lipinski definition) is 4. The van der Waals surface area contributed by atoms with E-state index in [1.54, 1.807) is 7.11 Å². The number of carbonyl (C=O) groups is 1. The second kappa shape index (κ2) is 11.4. The van der Waals surface area contributed by atoms with Crippen LogP contribution >= 0.6 is 11.8 Å². The largest absolute Gasteiger partial charge is 0.359 e. The van der Waals surface area contributed by atoms with Crippen LogP contribution < -0.4 is 0 Å². The molecule has 38 heavy (non-hydrogen) atoms. The van der Waals surface area contributed by atoms with Crippen molar-refractivity contribution in [2.75, 3.05) is 13.9 Å². The highest BCUT2D eigenvalue weighted by Crippen LogP contribution is 2.57. The molecule has 3 unspecified atom stereocenters. The summed E-state index contributed by atoms with van der Waals surface area (Å²) in [5.41, 5.74) is 3.59. The standard InChI is InChI=1S/C32H41NO3SSi/c1-24(36-23-35-5)28-29(34)33(38(6,7)31(2,3)4)30(28)37-32(25-17-11-8-12-18-25,26-19-13-9-14-20-26)27-21-15-10-16-22-27/h8-22,24,28,30H,23H2,1-7H3. The van der Waals surface area contributed by atoms with Gasteiger partial charge in [-0.25, -0.2) is 0 Å². The van der Waals surface area contributed by atoms with E-state index in [9.17, 15) is 4.79 Å². The molecule has 4 rings (SSSR count). The average molecular weight is 548 g/mol. The zero-order valence-corrected chi connectivity index (χ0v) is 25.5. The average Bonchev–Trinajstić information content (AvgIpc) is 2.90. The molecule has 3 aromatic rings. The van der Waals surface area contributed by atoms with E-state index >= 15 is 0 Å². The summed E-state index contributed by atoms with van der Waals surface area (Å²) in [5, 5.41) is -0.0475. The molecular formula is C32H41NO3SSi. The normalized spacial score (nSPS) is 19.2. The molecule has 6 heteroatoms. The molecule has 1 fully saturated rings. The van der Waals surface area contributed by atoms with E-state index in [4.69, 9.17) is 9.47 Å². The van der Waals surface area contributed by atoms with Crippen LogP contribution in [-0.4, -0.2) is 44.1 Å². The van der Waals surface area contributed by atoms with Gasteiger partial charge in [0.15, 0.2) is 8.24 Å². The number of benzene rings is 3. The molecule has 0 aromatic heterocycles. The Morgan fingerprint density at radius 1 is 0.842 bits per heavy atom. The van der Waals surface area contributed by atoms with Gasteiger partial charge in [-0.05, 0) is 28.7 Å². The van der Waals surface area contributed by atoms with Gasteiger partial charge in [-0.15, -0.1) is 11.8 Å². The Labute approximate surface area is 233 Å². The minimum atomic E-state index is -2.19. The number of ether oxygens (including phenoxy) is 2. The van der Waals surface area contributed by atoms with Gasteiger partial charge >= 0.3 is 0 Å². The maximum atomic E-state index is 14.0. The molecule has 3 aromatic carbocycles. The first-order valence-corrected chi connectivity index (χ1v) is 17.2. The lowest BCUT2D eigenvalue weighted by molar-refractivity contribution is -0.158. The molecule has 0 aliphatic carbocycles. The van der Waals surface area contributed by atoms with Crippen LogP contribution in [0.2, 0.25) is 18.1 Å².